The SMILES string of the molecule is Cc1ccc(F)cc1NCc1cc(Br)c(O)c(Br)c1. The van der Waals surface area contributed by atoms with Crippen LogP contribution >= 0.6 is 31.9 Å². The van der Waals surface area contributed by atoms with Crippen LogP contribution in [-0.2, 0) is 6.54 Å². The Labute approximate surface area is 127 Å². The maximum absolute atomic E-state index is 13.2. The maximum atomic E-state index is 13.2. The third-order valence-electron chi connectivity index (χ3n) is 2.76. The summed E-state index contributed by atoms with van der Waals surface area (Å²) in [5, 5.41) is 12.8. The topological polar surface area (TPSA) is 32.3 Å². The fourth-order valence-electron chi connectivity index (χ4n) is 1.70. The van der Waals surface area contributed by atoms with Crippen LogP contribution in [-0.4, -0.2) is 5.11 Å². The van der Waals surface area contributed by atoms with Crippen molar-refractivity contribution < 1.29 is 9.50 Å². The molecule has 0 heterocycles. The third-order valence-corrected chi connectivity index (χ3v) is 3.97. The number of phenols is 1. The molecule has 0 atom stereocenters. The predicted octanol–water partition coefficient (Wildman–Crippen LogP) is 4.98. The number of anilines is 1. The van der Waals surface area contributed by atoms with Gasteiger partial charge in [-0.3, -0.25) is 0 Å². The molecule has 19 heavy (non-hydrogen) atoms. The van der Waals surface area contributed by atoms with Crippen LogP contribution in [0.25, 0.3) is 0 Å². The van der Waals surface area contributed by atoms with Crippen LogP contribution in [0.4, 0.5) is 10.1 Å². The molecule has 100 valence electrons. The molecule has 0 aliphatic carbocycles. The summed E-state index contributed by atoms with van der Waals surface area (Å²) in [6.45, 7) is 2.46. The molecule has 0 saturated heterocycles. The Balaban J connectivity index is 2.17. The van der Waals surface area contributed by atoms with Gasteiger partial charge in [-0.2, -0.15) is 0 Å². The first-order valence-corrected chi connectivity index (χ1v) is 7.23. The first kappa shape index (κ1) is 14.3. The van der Waals surface area contributed by atoms with E-state index in [9.17, 15) is 9.50 Å². The predicted molar refractivity (Wildman–Crippen MR) is 82.0 cm³/mol. The zero-order chi connectivity index (χ0) is 14.0. The number of aromatic hydroxyl groups is 1. The van der Waals surface area contributed by atoms with Crippen LogP contribution in [0.2, 0.25) is 0 Å². The minimum absolute atomic E-state index is 0.172. The summed E-state index contributed by atoms with van der Waals surface area (Å²) in [6.07, 6.45) is 0. The van der Waals surface area contributed by atoms with E-state index < -0.39 is 0 Å². The second kappa shape index (κ2) is 5.92. The van der Waals surface area contributed by atoms with Crippen LogP contribution in [0, 0.1) is 12.7 Å². The highest BCUT2D eigenvalue weighted by atomic mass is 79.9. The van der Waals surface area contributed by atoms with Crippen molar-refractivity contribution in [1.29, 1.82) is 0 Å². The summed E-state index contributed by atoms with van der Waals surface area (Å²) in [5.74, 6) is -0.0909. The summed E-state index contributed by atoms with van der Waals surface area (Å²) in [4.78, 5) is 0. The summed E-state index contributed by atoms with van der Waals surface area (Å²) < 4.78 is 14.4. The van der Waals surface area contributed by atoms with Crippen molar-refractivity contribution in [2.45, 2.75) is 13.5 Å². The fourth-order valence-corrected chi connectivity index (χ4v) is 2.98. The van der Waals surface area contributed by atoms with Gasteiger partial charge < -0.3 is 10.4 Å². The van der Waals surface area contributed by atoms with Crippen LogP contribution in [0.15, 0.2) is 39.3 Å². The lowest BCUT2D eigenvalue weighted by Gasteiger charge is -2.11. The van der Waals surface area contributed by atoms with E-state index in [2.05, 4.69) is 37.2 Å². The first-order valence-electron chi connectivity index (χ1n) is 5.64. The lowest BCUT2D eigenvalue weighted by atomic mass is 10.1. The van der Waals surface area contributed by atoms with Crippen molar-refractivity contribution in [3.05, 3.63) is 56.2 Å². The normalized spacial score (nSPS) is 10.5. The smallest absolute Gasteiger partial charge is 0.143 e. The number of hydrogen-bond donors (Lipinski definition) is 2. The van der Waals surface area contributed by atoms with Gasteiger partial charge in [0.2, 0.25) is 0 Å². The largest absolute Gasteiger partial charge is 0.506 e. The van der Waals surface area contributed by atoms with Gasteiger partial charge in [0.25, 0.3) is 0 Å². The third kappa shape index (κ3) is 3.48. The van der Waals surface area contributed by atoms with E-state index in [1.165, 1.54) is 12.1 Å². The Hall–Kier alpha value is -1.07. The number of rotatable bonds is 3. The fraction of sp³-hybridized carbons (Fsp3) is 0.143. The Morgan fingerprint density at radius 2 is 1.79 bits per heavy atom. The Kier molecular flexibility index (Phi) is 4.47. The molecular formula is C14H12Br2FNO. The van der Waals surface area contributed by atoms with Gasteiger partial charge in [-0.25, -0.2) is 4.39 Å². The quantitative estimate of drug-likeness (QED) is 0.777. The molecule has 0 spiro atoms. The van der Waals surface area contributed by atoms with Crippen LogP contribution in [0.3, 0.4) is 0 Å². The molecule has 5 heteroatoms. The van der Waals surface area contributed by atoms with Crippen LogP contribution in [0.1, 0.15) is 11.1 Å². The summed E-state index contributed by atoms with van der Waals surface area (Å²) >= 11 is 6.56. The molecule has 0 saturated carbocycles. The van der Waals surface area contributed by atoms with Crippen molar-refractivity contribution in [3.8, 4) is 5.75 Å². The van der Waals surface area contributed by atoms with Gasteiger partial charge in [0.15, 0.2) is 0 Å². The molecule has 2 aromatic rings. The van der Waals surface area contributed by atoms with E-state index >= 15 is 0 Å². The number of nitrogens with one attached hydrogen (secondary N) is 1. The minimum atomic E-state index is -0.263. The lowest BCUT2D eigenvalue weighted by Crippen LogP contribution is -2.01. The van der Waals surface area contributed by atoms with E-state index in [-0.39, 0.29) is 11.6 Å². The van der Waals surface area contributed by atoms with Crippen molar-refractivity contribution in [2.75, 3.05) is 5.32 Å². The first-order chi connectivity index (χ1) is 8.97. The number of benzene rings is 2. The Bertz CT molecular complexity index is 593. The highest BCUT2D eigenvalue weighted by Gasteiger charge is 2.06. The van der Waals surface area contributed by atoms with E-state index in [0.717, 1.165) is 16.8 Å². The second-order valence-electron chi connectivity index (χ2n) is 4.22. The van der Waals surface area contributed by atoms with Crippen molar-refractivity contribution in [1.82, 2.24) is 0 Å². The van der Waals surface area contributed by atoms with Crippen molar-refractivity contribution in [2.24, 2.45) is 0 Å². The molecule has 2 nitrogen and oxygen atoms in total. The molecule has 0 unspecified atom stereocenters. The van der Waals surface area contributed by atoms with Gasteiger partial charge in [-0.15, -0.1) is 0 Å². The number of aryl methyl sites for hydroxylation is 1. The van der Waals surface area contributed by atoms with E-state index in [0.29, 0.717) is 15.5 Å². The summed E-state index contributed by atoms with van der Waals surface area (Å²) in [7, 11) is 0. The molecule has 2 N–H and O–H groups in total. The molecule has 2 aromatic carbocycles. The Morgan fingerprint density at radius 3 is 2.42 bits per heavy atom. The van der Waals surface area contributed by atoms with Crippen LogP contribution < -0.4 is 5.32 Å². The van der Waals surface area contributed by atoms with Gasteiger partial charge in [0.05, 0.1) is 8.95 Å². The molecule has 0 fully saturated rings. The molecule has 0 bridgehead atoms. The molecule has 2 rings (SSSR count). The maximum Gasteiger partial charge on any atom is 0.143 e. The van der Waals surface area contributed by atoms with Gasteiger partial charge in [-0.1, -0.05) is 6.07 Å². The van der Waals surface area contributed by atoms with E-state index in [4.69, 9.17) is 0 Å². The van der Waals surface area contributed by atoms with Crippen molar-refractivity contribution >= 4 is 37.5 Å². The minimum Gasteiger partial charge on any atom is -0.506 e. The van der Waals surface area contributed by atoms with Gasteiger partial charge in [0.1, 0.15) is 11.6 Å². The number of hydrogen-bond acceptors (Lipinski definition) is 2. The lowest BCUT2D eigenvalue weighted by molar-refractivity contribution is 0.468. The molecule has 0 aromatic heterocycles. The monoisotopic (exact) mass is 387 g/mol. The molecule has 0 aliphatic heterocycles. The van der Waals surface area contributed by atoms with E-state index in [1.54, 1.807) is 6.07 Å². The summed E-state index contributed by atoms with van der Waals surface area (Å²) in [6, 6.07) is 8.29. The van der Waals surface area contributed by atoms with Gasteiger partial charge >= 0.3 is 0 Å². The molecule has 0 amide bonds. The zero-order valence-electron chi connectivity index (χ0n) is 10.2. The zero-order valence-corrected chi connectivity index (χ0v) is 13.3. The summed E-state index contributed by atoms with van der Waals surface area (Å²) in [5.41, 5.74) is 2.72. The average molecular weight is 389 g/mol. The van der Waals surface area contributed by atoms with Gasteiger partial charge in [0, 0.05) is 12.2 Å². The van der Waals surface area contributed by atoms with Crippen LogP contribution in [0.5, 0.6) is 5.75 Å². The molecule has 0 aliphatic rings. The number of phenolic OH excluding ortho intramolecular Hbond substituents is 1. The highest BCUT2D eigenvalue weighted by molar-refractivity contribution is 9.11. The average Bonchev–Trinajstić information content (AvgIpc) is 2.37. The molecule has 0 radical (unpaired) electrons. The highest BCUT2D eigenvalue weighted by Crippen LogP contribution is 2.33. The standard InChI is InChI=1S/C14H12Br2FNO/c1-8-2-3-10(17)6-13(8)18-7-9-4-11(15)14(19)12(16)5-9/h2-6,18-19H,7H2,1H3. The molecular weight excluding hydrogens is 377 g/mol. The van der Waals surface area contributed by atoms with E-state index in [1.807, 2.05) is 19.1 Å². The second-order valence-corrected chi connectivity index (χ2v) is 5.93. The van der Waals surface area contributed by atoms with Gasteiger partial charge in [-0.05, 0) is 74.2 Å². The number of halogens is 3. The Morgan fingerprint density at radius 1 is 1.16 bits per heavy atom. The van der Waals surface area contributed by atoms with Crippen molar-refractivity contribution in [3.63, 3.8) is 0 Å².